The molecule has 44 heavy (non-hydrogen) atoms. The molecule has 0 spiro atoms. The van der Waals surface area contributed by atoms with Crippen LogP contribution in [0.5, 0.6) is 0 Å². The Morgan fingerprint density at radius 1 is 0.818 bits per heavy atom. The number of anilines is 2. The van der Waals surface area contributed by atoms with Gasteiger partial charge in [0.05, 0.1) is 22.9 Å². The molecule has 0 saturated carbocycles. The van der Waals surface area contributed by atoms with E-state index in [1.807, 2.05) is 121 Å². The minimum Gasteiger partial charge on any atom is -0.465 e. The monoisotopic (exact) mass is 584 g/mol. The lowest BCUT2D eigenvalue weighted by Crippen LogP contribution is -2.50. The van der Waals surface area contributed by atoms with Crippen LogP contribution >= 0.6 is 0 Å². The lowest BCUT2D eigenvalue weighted by molar-refractivity contribution is 0.0636. The molecule has 1 aromatic heterocycles. The molecule has 220 valence electrons. The lowest BCUT2D eigenvalue weighted by atomic mass is 9.93. The van der Waals surface area contributed by atoms with Crippen LogP contribution in [0.1, 0.15) is 37.5 Å². The Bertz CT molecular complexity index is 1780. The van der Waals surface area contributed by atoms with E-state index in [1.54, 1.807) is 22.1 Å². The van der Waals surface area contributed by atoms with Crippen LogP contribution in [0.3, 0.4) is 0 Å². The summed E-state index contributed by atoms with van der Waals surface area (Å²) in [6, 6.07) is 35.7. The van der Waals surface area contributed by atoms with E-state index in [9.17, 15) is 19.5 Å². The molecule has 2 N–H and O–H groups in total. The van der Waals surface area contributed by atoms with Crippen molar-refractivity contribution in [1.29, 1.82) is 0 Å². The van der Waals surface area contributed by atoms with Crippen LogP contribution in [0.15, 0.2) is 121 Å². The van der Waals surface area contributed by atoms with Gasteiger partial charge in [0.2, 0.25) is 0 Å². The first-order chi connectivity index (χ1) is 21.4. The average molecular weight is 585 g/mol. The number of nitrogens with one attached hydrogen (secondary N) is 1. The third-order valence-corrected chi connectivity index (χ3v) is 7.99. The molecule has 6 rings (SSSR count). The molecular weight excluding hydrogens is 552 g/mol. The first-order valence-electron chi connectivity index (χ1n) is 14.5. The van der Waals surface area contributed by atoms with Crippen LogP contribution in [0.2, 0.25) is 0 Å². The fourth-order valence-electron chi connectivity index (χ4n) is 5.85. The zero-order valence-corrected chi connectivity index (χ0v) is 24.3. The molecular formula is C36H32N4O4. The quantitative estimate of drug-likeness (QED) is 0.225. The van der Waals surface area contributed by atoms with Gasteiger partial charge in [0.25, 0.3) is 11.8 Å². The molecule has 0 bridgehead atoms. The standard InChI is InChI=1S/C36H32N4O4/c1-25-20-28(34(41)40(29-14-4-2-5-15-29)30-16-6-3-7-17-30)24-38(25)33-19-11-10-18-32(33)35(42)39-23-27-13-9-8-12-26(27)21-31(39)22-37-36(43)44/h2-20,24,31,37H,21-23H2,1H3,(H,43,44)/t31-/m0/s1. The van der Waals surface area contributed by atoms with Gasteiger partial charge < -0.3 is 19.9 Å². The Morgan fingerprint density at radius 2 is 1.41 bits per heavy atom. The topological polar surface area (TPSA) is 94.9 Å². The predicted octanol–water partition coefficient (Wildman–Crippen LogP) is 6.60. The summed E-state index contributed by atoms with van der Waals surface area (Å²) in [4.78, 5) is 43.1. The molecule has 0 radical (unpaired) electrons. The number of aromatic nitrogens is 1. The maximum absolute atomic E-state index is 14.3. The number of amides is 3. The van der Waals surface area contributed by atoms with E-state index in [2.05, 4.69) is 5.32 Å². The summed E-state index contributed by atoms with van der Waals surface area (Å²) in [6.45, 7) is 2.39. The highest BCUT2D eigenvalue weighted by Gasteiger charge is 2.32. The van der Waals surface area contributed by atoms with Crippen molar-refractivity contribution in [2.75, 3.05) is 11.4 Å². The molecule has 4 aromatic carbocycles. The number of hydrogen-bond acceptors (Lipinski definition) is 3. The zero-order valence-electron chi connectivity index (χ0n) is 24.3. The number of para-hydroxylation sites is 3. The number of carbonyl (C=O) groups is 3. The molecule has 1 aliphatic rings. The SMILES string of the molecule is Cc1cc(C(=O)N(c2ccccc2)c2ccccc2)cn1-c1ccccc1C(=O)N1Cc2ccccc2C[C@H]1CNC(=O)O. The third kappa shape index (κ3) is 5.70. The lowest BCUT2D eigenvalue weighted by Gasteiger charge is -2.37. The first-order valence-corrected chi connectivity index (χ1v) is 14.5. The second kappa shape index (κ2) is 12.3. The summed E-state index contributed by atoms with van der Waals surface area (Å²) in [5, 5.41) is 11.8. The van der Waals surface area contributed by atoms with E-state index in [0.717, 1.165) is 28.2 Å². The van der Waals surface area contributed by atoms with Crippen LogP contribution in [0, 0.1) is 6.92 Å². The number of carboxylic acid groups (broad SMARTS) is 1. The summed E-state index contributed by atoms with van der Waals surface area (Å²) < 4.78 is 1.87. The van der Waals surface area contributed by atoms with Crippen LogP contribution in [0.4, 0.5) is 16.2 Å². The Hall–Kier alpha value is -5.63. The molecule has 1 atom stereocenters. The van der Waals surface area contributed by atoms with Crippen molar-refractivity contribution < 1.29 is 19.5 Å². The van der Waals surface area contributed by atoms with E-state index in [1.165, 1.54) is 0 Å². The van der Waals surface area contributed by atoms with Crippen LogP contribution in [-0.2, 0) is 13.0 Å². The van der Waals surface area contributed by atoms with Gasteiger partial charge >= 0.3 is 6.09 Å². The van der Waals surface area contributed by atoms with Gasteiger partial charge in [0.15, 0.2) is 0 Å². The summed E-state index contributed by atoms with van der Waals surface area (Å²) in [5.41, 5.74) is 6.02. The van der Waals surface area contributed by atoms with Crippen LogP contribution in [-0.4, -0.2) is 45.1 Å². The van der Waals surface area contributed by atoms with Gasteiger partial charge in [-0.15, -0.1) is 0 Å². The van der Waals surface area contributed by atoms with Gasteiger partial charge in [-0.1, -0.05) is 72.8 Å². The van der Waals surface area contributed by atoms with Gasteiger partial charge in [0.1, 0.15) is 0 Å². The fraction of sp³-hybridized carbons (Fsp3) is 0.139. The Kier molecular flexibility index (Phi) is 7.97. The number of rotatable bonds is 7. The normalized spacial score (nSPS) is 14.0. The minimum absolute atomic E-state index is 0.119. The van der Waals surface area contributed by atoms with Crippen molar-refractivity contribution in [1.82, 2.24) is 14.8 Å². The second-order valence-corrected chi connectivity index (χ2v) is 10.8. The third-order valence-electron chi connectivity index (χ3n) is 7.99. The maximum Gasteiger partial charge on any atom is 0.404 e. The van der Waals surface area contributed by atoms with Gasteiger partial charge in [-0.2, -0.15) is 0 Å². The number of nitrogens with zero attached hydrogens (tertiary/aromatic N) is 3. The number of benzene rings is 4. The molecule has 8 nitrogen and oxygen atoms in total. The molecule has 8 heteroatoms. The van der Waals surface area contributed by atoms with Gasteiger partial charge in [-0.05, 0) is 66.9 Å². The first kappa shape index (κ1) is 28.5. The van der Waals surface area contributed by atoms with Crippen LogP contribution in [0.25, 0.3) is 5.69 Å². The summed E-state index contributed by atoms with van der Waals surface area (Å²) >= 11 is 0. The van der Waals surface area contributed by atoms with Crippen molar-refractivity contribution in [3.8, 4) is 5.69 Å². The van der Waals surface area contributed by atoms with Gasteiger partial charge in [-0.25, -0.2) is 4.79 Å². The highest BCUT2D eigenvalue weighted by atomic mass is 16.4. The number of carbonyl (C=O) groups excluding carboxylic acids is 2. The molecule has 0 unspecified atom stereocenters. The van der Waals surface area contributed by atoms with Crippen molar-refractivity contribution in [3.05, 3.63) is 149 Å². The molecule has 2 heterocycles. The van der Waals surface area contributed by atoms with E-state index >= 15 is 0 Å². The van der Waals surface area contributed by atoms with E-state index in [0.29, 0.717) is 29.8 Å². The minimum atomic E-state index is -1.13. The highest BCUT2D eigenvalue weighted by Crippen LogP contribution is 2.30. The molecule has 0 saturated heterocycles. The molecule has 0 fully saturated rings. The Labute approximate surface area is 255 Å². The highest BCUT2D eigenvalue weighted by molar-refractivity contribution is 6.11. The predicted molar refractivity (Wildman–Crippen MR) is 170 cm³/mol. The zero-order chi connectivity index (χ0) is 30.6. The smallest absolute Gasteiger partial charge is 0.404 e. The molecule has 0 aliphatic carbocycles. The van der Waals surface area contributed by atoms with Gasteiger partial charge in [-0.3, -0.25) is 14.5 Å². The van der Waals surface area contributed by atoms with Crippen molar-refractivity contribution in [2.45, 2.75) is 25.9 Å². The molecule has 3 amide bonds. The molecule has 1 aliphatic heterocycles. The molecule has 5 aromatic rings. The average Bonchev–Trinajstić information content (AvgIpc) is 3.45. The van der Waals surface area contributed by atoms with E-state index < -0.39 is 6.09 Å². The van der Waals surface area contributed by atoms with E-state index in [-0.39, 0.29) is 24.4 Å². The maximum atomic E-state index is 14.3. The largest absolute Gasteiger partial charge is 0.465 e. The number of fused-ring (bicyclic) bond motifs is 1. The number of aryl methyl sites for hydroxylation is 1. The van der Waals surface area contributed by atoms with Crippen molar-refractivity contribution >= 4 is 29.3 Å². The summed E-state index contributed by atoms with van der Waals surface area (Å²) in [5.74, 6) is -0.399. The summed E-state index contributed by atoms with van der Waals surface area (Å²) in [6.07, 6.45) is 1.19. The Balaban J connectivity index is 1.36. The fourth-order valence-corrected chi connectivity index (χ4v) is 5.85. The number of hydrogen-bond donors (Lipinski definition) is 2. The Morgan fingerprint density at radius 3 is 2.07 bits per heavy atom. The van der Waals surface area contributed by atoms with Crippen LogP contribution < -0.4 is 10.2 Å². The van der Waals surface area contributed by atoms with Crippen molar-refractivity contribution in [2.24, 2.45) is 0 Å². The van der Waals surface area contributed by atoms with Gasteiger partial charge in [0, 0.05) is 36.4 Å². The summed E-state index contributed by atoms with van der Waals surface area (Å²) in [7, 11) is 0. The second-order valence-electron chi connectivity index (χ2n) is 10.8. The van der Waals surface area contributed by atoms with E-state index in [4.69, 9.17) is 0 Å². The van der Waals surface area contributed by atoms with Crippen molar-refractivity contribution in [3.63, 3.8) is 0 Å².